The number of nitrogens with one attached hydrogen (secondary N) is 1. The lowest BCUT2D eigenvalue weighted by atomic mass is 10.1. The molecule has 0 saturated carbocycles. The van der Waals surface area contributed by atoms with E-state index >= 15 is 0 Å². The molecule has 2 nitrogen and oxygen atoms in total. The molecule has 17 heavy (non-hydrogen) atoms. The van der Waals surface area contributed by atoms with E-state index in [1.54, 1.807) is 6.07 Å². The first-order chi connectivity index (χ1) is 7.95. The van der Waals surface area contributed by atoms with Crippen LogP contribution in [0.1, 0.15) is 11.1 Å². The number of ether oxygens (including phenoxy) is 1. The second-order valence-corrected chi connectivity index (χ2v) is 3.55. The van der Waals surface area contributed by atoms with Crippen molar-refractivity contribution in [2.75, 3.05) is 13.7 Å². The normalized spacial score (nSPS) is 11.3. The average molecular weight is 245 g/mol. The molecule has 0 unspecified atom stereocenters. The summed E-state index contributed by atoms with van der Waals surface area (Å²) in [5, 5.41) is 2.79. The molecule has 0 atom stereocenters. The highest BCUT2D eigenvalue weighted by atomic mass is 19.4. The topological polar surface area (TPSA) is 21.3 Å². The Morgan fingerprint density at radius 2 is 2.00 bits per heavy atom. The molecule has 1 aromatic carbocycles. The van der Waals surface area contributed by atoms with E-state index in [2.05, 4.69) is 11.9 Å². The van der Waals surface area contributed by atoms with Crippen molar-refractivity contribution < 1.29 is 17.9 Å². The Bertz CT molecular complexity index is 388. The van der Waals surface area contributed by atoms with Crippen molar-refractivity contribution >= 4 is 0 Å². The van der Waals surface area contributed by atoms with Crippen molar-refractivity contribution in [3.05, 3.63) is 47.7 Å². The van der Waals surface area contributed by atoms with Crippen LogP contribution in [0.15, 0.2) is 36.5 Å². The second-order valence-electron chi connectivity index (χ2n) is 3.55. The molecule has 0 bridgehead atoms. The molecule has 1 N–H and O–H groups in total. The van der Waals surface area contributed by atoms with E-state index in [0.717, 1.165) is 6.07 Å². The monoisotopic (exact) mass is 245 g/mol. The zero-order chi connectivity index (χ0) is 12.9. The van der Waals surface area contributed by atoms with Gasteiger partial charge in [0.25, 0.3) is 0 Å². The molecule has 0 fully saturated rings. The molecule has 1 aromatic rings. The van der Waals surface area contributed by atoms with Crippen LogP contribution in [-0.2, 0) is 17.5 Å². The summed E-state index contributed by atoms with van der Waals surface area (Å²) in [5.41, 5.74) is 0.111. The fraction of sp³-hybridized carbons (Fsp3) is 0.333. The minimum absolute atomic E-state index is 0.0812. The van der Waals surface area contributed by atoms with Crippen molar-refractivity contribution in [3.63, 3.8) is 0 Å². The summed E-state index contributed by atoms with van der Waals surface area (Å²) in [5.74, 6) is 0. The quantitative estimate of drug-likeness (QED) is 0.861. The summed E-state index contributed by atoms with van der Waals surface area (Å²) in [6.45, 7) is 3.99. The number of hydrogen-bond acceptors (Lipinski definition) is 2. The maximum absolute atomic E-state index is 12.6. The van der Waals surface area contributed by atoms with E-state index in [9.17, 15) is 13.2 Å². The van der Waals surface area contributed by atoms with Crippen LogP contribution in [-0.4, -0.2) is 13.7 Å². The molecule has 94 valence electrons. The highest BCUT2D eigenvalue weighted by molar-refractivity contribution is 5.29. The maximum Gasteiger partial charge on any atom is 0.416 e. The number of methoxy groups -OCH3 is 1. The van der Waals surface area contributed by atoms with Gasteiger partial charge < -0.3 is 10.1 Å². The van der Waals surface area contributed by atoms with Crippen molar-refractivity contribution in [1.82, 2.24) is 5.32 Å². The first-order valence-electron chi connectivity index (χ1n) is 5.01. The van der Waals surface area contributed by atoms with E-state index in [1.807, 2.05) is 0 Å². The van der Waals surface area contributed by atoms with Gasteiger partial charge in [-0.25, -0.2) is 0 Å². The van der Waals surface area contributed by atoms with Gasteiger partial charge in [0, 0.05) is 19.4 Å². The fourth-order valence-electron chi connectivity index (χ4n) is 1.40. The molecule has 1 rings (SSSR count). The predicted octanol–water partition coefficient (Wildman–Crippen LogP) is 2.96. The zero-order valence-corrected chi connectivity index (χ0v) is 9.47. The maximum atomic E-state index is 12.6. The van der Waals surface area contributed by atoms with Crippen LogP contribution in [0.4, 0.5) is 13.2 Å². The summed E-state index contributed by atoms with van der Waals surface area (Å²) in [6, 6.07) is 5.45. The van der Waals surface area contributed by atoms with Crippen LogP contribution in [0.2, 0.25) is 0 Å². The van der Waals surface area contributed by atoms with Crippen LogP contribution in [0, 0.1) is 0 Å². The van der Waals surface area contributed by atoms with Gasteiger partial charge in [-0.3, -0.25) is 0 Å². The number of hydrogen-bond donors (Lipinski definition) is 1. The SMILES string of the molecule is C=C(COC)NCc1ccccc1C(F)(F)F. The Balaban J connectivity index is 2.74. The molecule has 0 aliphatic rings. The summed E-state index contributed by atoms with van der Waals surface area (Å²) in [7, 11) is 1.50. The summed E-state index contributed by atoms with van der Waals surface area (Å²) in [4.78, 5) is 0. The Labute approximate surface area is 98.1 Å². The van der Waals surface area contributed by atoms with Crippen molar-refractivity contribution in [2.45, 2.75) is 12.7 Å². The van der Waals surface area contributed by atoms with Gasteiger partial charge in [-0.05, 0) is 11.6 Å². The Hall–Kier alpha value is -1.49. The molecule has 0 spiro atoms. The number of alkyl halides is 3. The third-order valence-corrected chi connectivity index (χ3v) is 2.17. The minimum atomic E-state index is -4.33. The van der Waals surface area contributed by atoms with E-state index in [-0.39, 0.29) is 18.7 Å². The van der Waals surface area contributed by atoms with Gasteiger partial charge in [-0.15, -0.1) is 0 Å². The molecule has 0 radical (unpaired) electrons. The average Bonchev–Trinajstić information content (AvgIpc) is 2.26. The molecule has 0 saturated heterocycles. The first-order valence-corrected chi connectivity index (χ1v) is 5.01. The van der Waals surface area contributed by atoms with Gasteiger partial charge in [-0.2, -0.15) is 13.2 Å². The van der Waals surface area contributed by atoms with E-state index in [1.165, 1.54) is 19.2 Å². The van der Waals surface area contributed by atoms with Gasteiger partial charge in [0.15, 0.2) is 0 Å². The van der Waals surface area contributed by atoms with Crippen LogP contribution >= 0.6 is 0 Å². The fourth-order valence-corrected chi connectivity index (χ4v) is 1.40. The molecule has 0 aliphatic carbocycles. The Kier molecular flexibility index (Phi) is 4.57. The van der Waals surface area contributed by atoms with Crippen LogP contribution in [0.3, 0.4) is 0 Å². The summed E-state index contributed by atoms with van der Waals surface area (Å²) < 4.78 is 42.7. The molecule has 5 heteroatoms. The molecular weight excluding hydrogens is 231 g/mol. The molecular formula is C12H14F3NO. The van der Waals surface area contributed by atoms with Crippen LogP contribution < -0.4 is 5.32 Å². The molecule has 0 aromatic heterocycles. The lowest BCUT2D eigenvalue weighted by Gasteiger charge is -2.14. The number of benzene rings is 1. The van der Waals surface area contributed by atoms with E-state index in [0.29, 0.717) is 5.70 Å². The van der Waals surface area contributed by atoms with Crippen molar-refractivity contribution in [1.29, 1.82) is 0 Å². The standard InChI is InChI=1S/C12H14F3NO/c1-9(8-17-2)16-7-10-5-3-4-6-11(10)12(13,14)15/h3-6,16H,1,7-8H2,2H3. The zero-order valence-electron chi connectivity index (χ0n) is 9.47. The third-order valence-electron chi connectivity index (χ3n) is 2.17. The van der Waals surface area contributed by atoms with Gasteiger partial charge in [-0.1, -0.05) is 24.8 Å². The molecule has 0 amide bonds. The second kappa shape index (κ2) is 5.72. The van der Waals surface area contributed by atoms with Gasteiger partial charge in [0.05, 0.1) is 12.2 Å². The summed E-state index contributed by atoms with van der Waals surface area (Å²) in [6.07, 6.45) is -4.33. The minimum Gasteiger partial charge on any atom is -0.383 e. The third kappa shape index (κ3) is 4.11. The van der Waals surface area contributed by atoms with Crippen LogP contribution in [0.25, 0.3) is 0 Å². The van der Waals surface area contributed by atoms with Crippen molar-refractivity contribution in [3.8, 4) is 0 Å². The predicted molar refractivity (Wildman–Crippen MR) is 59.3 cm³/mol. The van der Waals surface area contributed by atoms with Crippen molar-refractivity contribution in [2.24, 2.45) is 0 Å². The highest BCUT2D eigenvalue weighted by Crippen LogP contribution is 2.31. The molecule has 0 heterocycles. The Morgan fingerprint density at radius 1 is 1.35 bits per heavy atom. The van der Waals surface area contributed by atoms with E-state index in [4.69, 9.17) is 4.74 Å². The first kappa shape index (κ1) is 13.6. The summed E-state index contributed by atoms with van der Waals surface area (Å²) >= 11 is 0. The Morgan fingerprint density at radius 3 is 2.59 bits per heavy atom. The van der Waals surface area contributed by atoms with E-state index < -0.39 is 11.7 Å². The number of rotatable bonds is 5. The van der Waals surface area contributed by atoms with Gasteiger partial charge >= 0.3 is 6.18 Å². The lowest BCUT2D eigenvalue weighted by Crippen LogP contribution is -2.18. The lowest BCUT2D eigenvalue weighted by molar-refractivity contribution is -0.138. The van der Waals surface area contributed by atoms with Gasteiger partial charge in [0.2, 0.25) is 0 Å². The highest BCUT2D eigenvalue weighted by Gasteiger charge is 2.32. The van der Waals surface area contributed by atoms with Gasteiger partial charge in [0.1, 0.15) is 0 Å². The van der Waals surface area contributed by atoms with Crippen LogP contribution in [0.5, 0.6) is 0 Å². The largest absolute Gasteiger partial charge is 0.416 e. The number of halogens is 3. The molecule has 0 aliphatic heterocycles. The smallest absolute Gasteiger partial charge is 0.383 e.